The highest BCUT2D eigenvalue weighted by molar-refractivity contribution is 5.86. The number of amides is 4. The fraction of sp³-hybridized carbons (Fsp3) is 0.882. The highest BCUT2D eigenvalue weighted by atomic mass is 19.1. The second-order valence-electron chi connectivity index (χ2n) is 14.2. The summed E-state index contributed by atoms with van der Waals surface area (Å²) in [5.41, 5.74) is 2.81. The molecule has 46 heavy (non-hydrogen) atoms. The van der Waals surface area contributed by atoms with E-state index < -0.39 is 42.2 Å². The van der Waals surface area contributed by atoms with E-state index in [9.17, 15) is 33.1 Å². The van der Waals surface area contributed by atoms with Gasteiger partial charge in [-0.05, 0) is 63.2 Å². The fourth-order valence-electron chi connectivity index (χ4n) is 7.09. The number of nitrogens with zero attached hydrogens (tertiary/aromatic N) is 3. The van der Waals surface area contributed by atoms with Crippen LogP contribution in [0.15, 0.2) is 0 Å². The molecule has 0 heterocycles. The van der Waals surface area contributed by atoms with Crippen molar-refractivity contribution < 1.29 is 33.1 Å². The number of nitrogens with one attached hydrogen (secondary N) is 2. The summed E-state index contributed by atoms with van der Waals surface area (Å²) >= 11 is 0. The van der Waals surface area contributed by atoms with E-state index in [2.05, 4.69) is 10.7 Å². The first-order valence-electron chi connectivity index (χ1n) is 17.5. The Morgan fingerprint density at radius 2 is 1.37 bits per heavy atom. The van der Waals surface area contributed by atoms with Gasteiger partial charge < -0.3 is 20.2 Å². The smallest absolute Gasteiger partial charge is 0.234 e. The van der Waals surface area contributed by atoms with Crippen molar-refractivity contribution in [2.75, 3.05) is 40.3 Å². The molecule has 7 unspecified atom stereocenters. The highest BCUT2D eigenvalue weighted by Gasteiger charge is 2.42. The summed E-state index contributed by atoms with van der Waals surface area (Å²) in [5, 5.41) is 16.0. The molecule has 10 nitrogen and oxygen atoms in total. The minimum Gasteiger partial charge on any atom is -0.390 e. The van der Waals surface area contributed by atoms with E-state index in [0.717, 1.165) is 12.8 Å². The number of likely N-dealkylation sites (N-methyl/N-ethyl adjacent to an activating group) is 1. The second-order valence-corrected chi connectivity index (χ2v) is 14.2. The number of aliphatic hydroxyl groups excluding tert-OH is 1. The van der Waals surface area contributed by atoms with Crippen molar-refractivity contribution in [3.63, 3.8) is 0 Å². The van der Waals surface area contributed by atoms with Gasteiger partial charge in [0.05, 0.1) is 12.1 Å². The summed E-state index contributed by atoms with van der Waals surface area (Å²) in [6.45, 7) is 11.3. The molecule has 0 bridgehead atoms. The van der Waals surface area contributed by atoms with Gasteiger partial charge in [0.25, 0.3) is 0 Å². The zero-order valence-corrected chi connectivity index (χ0v) is 29.3. The van der Waals surface area contributed by atoms with Gasteiger partial charge in [-0.25, -0.2) is 13.8 Å². The number of halogens is 2. The van der Waals surface area contributed by atoms with Crippen LogP contribution in [-0.2, 0) is 19.2 Å². The maximum Gasteiger partial charge on any atom is 0.234 e. The van der Waals surface area contributed by atoms with Crippen molar-refractivity contribution in [1.29, 1.82) is 0 Å². The Kier molecular flexibility index (Phi) is 16.9. The van der Waals surface area contributed by atoms with Gasteiger partial charge in [0.15, 0.2) is 0 Å². The van der Waals surface area contributed by atoms with E-state index >= 15 is 0 Å². The van der Waals surface area contributed by atoms with E-state index in [0.29, 0.717) is 32.5 Å². The van der Waals surface area contributed by atoms with E-state index in [1.54, 1.807) is 19.1 Å². The molecular formula is C34H61F2N5O5. The van der Waals surface area contributed by atoms with Crippen LogP contribution in [0.4, 0.5) is 8.78 Å². The van der Waals surface area contributed by atoms with Gasteiger partial charge in [-0.15, -0.1) is 0 Å². The maximum absolute atomic E-state index is 14.4. The molecule has 2 rings (SSSR count). The van der Waals surface area contributed by atoms with Crippen molar-refractivity contribution >= 4 is 23.6 Å². The average molecular weight is 658 g/mol. The molecule has 3 N–H and O–H groups in total. The Bertz CT molecular complexity index is 970. The van der Waals surface area contributed by atoms with Crippen LogP contribution < -0.4 is 10.7 Å². The summed E-state index contributed by atoms with van der Waals surface area (Å²) in [6, 6.07) is -0.846. The molecule has 0 aromatic rings. The molecule has 12 heteroatoms. The zero-order chi connectivity index (χ0) is 34.6. The molecule has 0 aliphatic heterocycles. The molecule has 0 saturated heterocycles. The standard InChI is InChI=1S/C34H61F2N5O5/c1-8-11-40(12-9-2)34(46)26-18-24(17-25(19-26)33(45)39(6)7)32(44)37-29(16-23-14-27(35)20-28(36)15-23)30(42)21-41(10-3)38-31(43)13-22(4)5/h22-30,42H,8-21H2,1-7H3,(H,37,44)(H,38,43). The first-order valence-corrected chi connectivity index (χ1v) is 17.5. The van der Waals surface area contributed by atoms with Crippen LogP contribution >= 0.6 is 0 Å². The number of hydrogen-bond donors (Lipinski definition) is 3. The Labute approximate surface area is 275 Å². The molecule has 0 aromatic carbocycles. The first-order chi connectivity index (χ1) is 21.7. The molecule has 2 fully saturated rings. The average Bonchev–Trinajstić information content (AvgIpc) is 2.98. The predicted molar refractivity (Wildman–Crippen MR) is 175 cm³/mol. The van der Waals surface area contributed by atoms with E-state index in [-0.39, 0.29) is 80.5 Å². The number of alkyl halides is 2. The molecular weight excluding hydrogens is 596 g/mol. The summed E-state index contributed by atoms with van der Waals surface area (Å²) in [6.07, 6.45) is -0.579. The lowest BCUT2D eigenvalue weighted by Gasteiger charge is -2.38. The largest absolute Gasteiger partial charge is 0.390 e. The second kappa shape index (κ2) is 19.5. The van der Waals surface area contributed by atoms with Crippen molar-refractivity contribution in [1.82, 2.24) is 25.6 Å². The third-order valence-corrected chi connectivity index (χ3v) is 9.25. The van der Waals surface area contributed by atoms with Gasteiger partial charge >= 0.3 is 0 Å². The van der Waals surface area contributed by atoms with Crippen LogP contribution in [0, 0.1) is 29.6 Å². The Hall–Kier alpha value is -2.34. The van der Waals surface area contributed by atoms with Gasteiger partial charge in [0.1, 0.15) is 12.3 Å². The van der Waals surface area contributed by atoms with Crippen LogP contribution in [0.5, 0.6) is 0 Å². The molecule has 266 valence electrons. The SMILES string of the molecule is CCCN(CCC)C(=O)C1CC(C(=O)NC(CC2CC(F)CC(F)C2)C(O)CN(CC)NC(=O)CC(C)C)CC(C(=O)N(C)C)C1. The Morgan fingerprint density at radius 1 is 0.826 bits per heavy atom. The van der Waals surface area contributed by atoms with E-state index in [1.807, 2.05) is 39.5 Å². The predicted octanol–water partition coefficient (Wildman–Crippen LogP) is 3.87. The third-order valence-electron chi connectivity index (χ3n) is 9.25. The minimum atomic E-state index is -1.29. The lowest BCUT2D eigenvalue weighted by molar-refractivity contribution is -0.143. The van der Waals surface area contributed by atoms with Crippen molar-refractivity contribution in [2.24, 2.45) is 29.6 Å². The van der Waals surface area contributed by atoms with E-state index in [4.69, 9.17) is 0 Å². The van der Waals surface area contributed by atoms with Crippen LogP contribution in [-0.4, -0.2) is 108 Å². The molecule has 7 atom stereocenters. The Balaban J connectivity index is 2.30. The van der Waals surface area contributed by atoms with Crippen LogP contribution in [0.2, 0.25) is 0 Å². The van der Waals surface area contributed by atoms with Gasteiger partial charge in [0.2, 0.25) is 23.6 Å². The van der Waals surface area contributed by atoms with Gasteiger partial charge in [0, 0.05) is 70.9 Å². The quantitative estimate of drug-likeness (QED) is 0.204. The van der Waals surface area contributed by atoms with Crippen LogP contribution in [0.25, 0.3) is 0 Å². The molecule has 0 radical (unpaired) electrons. The number of carbonyl (C=O) groups excluding carboxylic acids is 4. The topological polar surface area (TPSA) is 122 Å². The van der Waals surface area contributed by atoms with Gasteiger partial charge in [-0.3, -0.25) is 24.6 Å². The van der Waals surface area contributed by atoms with Gasteiger partial charge in [-0.2, -0.15) is 0 Å². The van der Waals surface area contributed by atoms with Crippen molar-refractivity contribution in [3.05, 3.63) is 0 Å². The lowest BCUT2D eigenvalue weighted by atomic mass is 9.73. The summed E-state index contributed by atoms with van der Waals surface area (Å²) in [4.78, 5) is 56.5. The molecule has 0 aromatic heterocycles. The zero-order valence-electron chi connectivity index (χ0n) is 29.3. The summed E-state index contributed by atoms with van der Waals surface area (Å²) in [5.74, 6) is -2.64. The lowest BCUT2D eigenvalue weighted by Crippen LogP contribution is -2.55. The third kappa shape index (κ3) is 12.7. The van der Waals surface area contributed by atoms with Gasteiger partial charge in [-0.1, -0.05) is 34.6 Å². The molecule has 2 saturated carbocycles. The van der Waals surface area contributed by atoms with E-state index in [1.165, 1.54) is 4.90 Å². The molecule has 2 aliphatic carbocycles. The molecule has 0 spiro atoms. The monoisotopic (exact) mass is 657 g/mol. The highest BCUT2D eigenvalue weighted by Crippen LogP contribution is 2.37. The molecule has 4 amide bonds. The summed E-state index contributed by atoms with van der Waals surface area (Å²) in [7, 11) is 3.32. The van der Waals surface area contributed by atoms with Crippen molar-refractivity contribution in [3.8, 4) is 0 Å². The number of rotatable bonds is 17. The maximum atomic E-state index is 14.4. The first kappa shape index (κ1) is 39.8. The normalized spacial score (nSPS) is 26.3. The minimum absolute atomic E-state index is 0.00657. The number of carbonyl (C=O) groups is 4. The number of hydrogen-bond acceptors (Lipinski definition) is 6. The Morgan fingerprint density at radius 3 is 1.87 bits per heavy atom. The number of hydrazine groups is 1. The number of aliphatic hydroxyl groups is 1. The van der Waals surface area contributed by atoms with Crippen LogP contribution in [0.3, 0.4) is 0 Å². The summed E-state index contributed by atoms with van der Waals surface area (Å²) < 4.78 is 28.7. The fourth-order valence-corrected chi connectivity index (χ4v) is 7.09. The van der Waals surface area contributed by atoms with Crippen molar-refractivity contribution in [2.45, 2.75) is 123 Å². The van der Waals surface area contributed by atoms with Crippen LogP contribution in [0.1, 0.15) is 98.8 Å². The molecule has 2 aliphatic rings.